The molecule has 0 saturated carbocycles. The molecule has 2 aromatic heterocycles. The topological polar surface area (TPSA) is 53.7 Å². The van der Waals surface area contributed by atoms with Crippen LogP contribution >= 0.6 is 11.3 Å². The van der Waals surface area contributed by atoms with Crippen LogP contribution in [0.3, 0.4) is 0 Å². The van der Waals surface area contributed by atoms with Crippen molar-refractivity contribution >= 4 is 11.3 Å². The summed E-state index contributed by atoms with van der Waals surface area (Å²) in [4.78, 5) is 9.67. The zero-order valence-electron chi connectivity index (χ0n) is 11.2. The Balaban J connectivity index is 1.58. The second-order valence-corrected chi connectivity index (χ2v) is 5.49. The number of rotatable bonds is 4. The Morgan fingerprint density at radius 2 is 2.35 bits per heavy atom. The summed E-state index contributed by atoms with van der Waals surface area (Å²) in [6, 6.07) is 3.90. The lowest BCUT2D eigenvalue weighted by atomic mass is 10.1. The quantitative estimate of drug-likeness (QED) is 0.865. The van der Waals surface area contributed by atoms with Crippen LogP contribution in [0.5, 0.6) is 0 Å². The molecule has 0 bridgehead atoms. The monoisotopic (exact) mass is 285 g/mol. The zero-order valence-corrected chi connectivity index (χ0v) is 12.0. The van der Waals surface area contributed by atoms with Crippen molar-refractivity contribution in [1.82, 2.24) is 15.0 Å². The minimum Gasteiger partial charge on any atom is -0.264 e. The lowest BCUT2D eigenvalue weighted by molar-refractivity contribution is 0.351. The van der Waals surface area contributed by atoms with Crippen LogP contribution in [-0.4, -0.2) is 21.5 Å². The van der Waals surface area contributed by atoms with Gasteiger partial charge < -0.3 is 0 Å². The van der Waals surface area contributed by atoms with Crippen LogP contribution in [0.4, 0.5) is 0 Å². The summed E-state index contributed by atoms with van der Waals surface area (Å²) in [5.74, 6) is 0. The number of pyridine rings is 1. The van der Waals surface area contributed by atoms with Gasteiger partial charge in [0.25, 0.3) is 0 Å². The molecule has 0 aliphatic carbocycles. The summed E-state index contributed by atoms with van der Waals surface area (Å²) in [5, 5.41) is 10.4. The SMILES string of the molecule is Cc1ncsc1CCN1C=CC(c2cccnc2)N=N1. The Labute approximate surface area is 121 Å². The number of hydrogen-bond acceptors (Lipinski definition) is 6. The standard InChI is InChI=1S/C14H15N5S/c1-11-14(20-10-16-11)5-8-19-7-4-13(17-18-19)12-3-2-6-15-9-12/h2-4,6-7,9-10,13H,5,8H2,1H3. The molecule has 0 amide bonds. The van der Waals surface area contributed by atoms with Crippen molar-refractivity contribution in [2.75, 3.05) is 6.54 Å². The van der Waals surface area contributed by atoms with Gasteiger partial charge in [0.15, 0.2) is 0 Å². The third kappa shape index (κ3) is 2.91. The predicted molar refractivity (Wildman–Crippen MR) is 78.2 cm³/mol. The molecule has 1 unspecified atom stereocenters. The molecular weight excluding hydrogens is 270 g/mol. The van der Waals surface area contributed by atoms with Gasteiger partial charge in [0.05, 0.1) is 11.2 Å². The van der Waals surface area contributed by atoms with E-state index < -0.39 is 0 Å². The minimum absolute atomic E-state index is 0.0231. The highest BCUT2D eigenvalue weighted by atomic mass is 32.1. The van der Waals surface area contributed by atoms with Crippen molar-refractivity contribution in [3.05, 3.63) is 58.4 Å². The van der Waals surface area contributed by atoms with Crippen molar-refractivity contribution < 1.29 is 0 Å². The van der Waals surface area contributed by atoms with E-state index in [1.165, 1.54) is 4.88 Å². The molecule has 5 nitrogen and oxygen atoms in total. The average molecular weight is 285 g/mol. The van der Waals surface area contributed by atoms with E-state index in [0.717, 1.165) is 24.2 Å². The Kier molecular flexibility index (Phi) is 3.83. The summed E-state index contributed by atoms with van der Waals surface area (Å²) < 4.78 is 0. The molecule has 102 valence electrons. The Hall–Kier alpha value is -2.08. The molecule has 1 aliphatic rings. The molecule has 0 spiro atoms. The molecule has 3 rings (SSSR count). The molecule has 1 aliphatic heterocycles. The molecule has 0 aromatic carbocycles. The second kappa shape index (κ2) is 5.92. The van der Waals surface area contributed by atoms with E-state index in [1.807, 2.05) is 48.0 Å². The first-order valence-electron chi connectivity index (χ1n) is 6.47. The molecule has 0 radical (unpaired) electrons. The van der Waals surface area contributed by atoms with E-state index in [0.29, 0.717) is 0 Å². The third-order valence-electron chi connectivity index (χ3n) is 3.17. The number of nitrogens with zero attached hydrogens (tertiary/aromatic N) is 5. The Bertz CT molecular complexity index is 606. The van der Waals surface area contributed by atoms with Crippen LogP contribution in [0.15, 0.2) is 52.7 Å². The summed E-state index contributed by atoms with van der Waals surface area (Å²) in [5.41, 5.74) is 4.06. The average Bonchev–Trinajstić information content (AvgIpc) is 2.92. The van der Waals surface area contributed by atoms with Gasteiger partial charge in [-0.25, -0.2) is 4.98 Å². The smallest absolute Gasteiger partial charge is 0.119 e. The van der Waals surface area contributed by atoms with Crippen molar-refractivity contribution in [1.29, 1.82) is 0 Å². The highest BCUT2D eigenvalue weighted by Crippen LogP contribution is 2.22. The van der Waals surface area contributed by atoms with Gasteiger partial charge in [0.2, 0.25) is 0 Å². The van der Waals surface area contributed by atoms with Gasteiger partial charge in [-0.05, 0) is 19.1 Å². The molecule has 20 heavy (non-hydrogen) atoms. The summed E-state index contributed by atoms with van der Waals surface area (Å²) >= 11 is 1.69. The van der Waals surface area contributed by atoms with E-state index in [1.54, 1.807) is 17.5 Å². The number of thiazole rings is 1. The molecule has 0 saturated heterocycles. The van der Waals surface area contributed by atoms with E-state index in [-0.39, 0.29) is 6.04 Å². The van der Waals surface area contributed by atoms with Crippen molar-refractivity contribution in [2.24, 2.45) is 10.3 Å². The highest BCUT2D eigenvalue weighted by molar-refractivity contribution is 7.09. The minimum atomic E-state index is -0.0231. The first kappa shape index (κ1) is 12.9. The first-order valence-corrected chi connectivity index (χ1v) is 7.35. The lowest BCUT2D eigenvalue weighted by Crippen LogP contribution is -2.16. The van der Waals surface area contributed by atoms with E-state index in [2.05, 4.69) is 20.3 Å². The molecule has 1 atom stereocenters. The second-order valence-electron chi connectivity index (χ2n) is 4.55. The number of aromatic nitrogens is 2. The van der Waals surface area contributed by atoms with E-state index in [9.17, 15) is 0 Å². The molecule has 3 heterocycles. The molecule has 6 heteroatoms. The normalized spacial score (nSPS) is 17.6. The molecular formula is C14H15N5S. The zero-order chi connectivity index (χ0) is 13.8. The maximum absolute atomic E-state index is 4.32. The molecule has 0 N–H and O–H groups in total. The first-order chi connectivity index (χ1) is 9.83. The van der Waals surface area contributed by atoms with E-state index in [4.69, 9.17) is 0 Å². The summed E-state index contributed by atoms with van der Waals surface area (Å²) in [6.45, 7) is 2.86. The fourth-order valence-electron chi connectivity index (χ4n) is 2.00. The van der Waals surface area contributed by atoms with Crippen molar-refractivity contribution in [2.45, 2.75) is 19.4 Å². The van der Waals surface area contributed by atoms with Crippen LogP contribution in [0.1, 0.15) is 22.2 Å². The van der Waals surface area contributed by atoms with Gasteiger partial charge in [-0.1, -0.05) is 11.3 Å². The van der Waals surface area contributed by atoms with Crippen LogP contribution in [0.2, 0.25) is 0 Å². The molecule has 0 fully saturated rings. The van der Waals surface area contributed by atoms with Gasteiger partial charge >= 0.3 is 0 Å². The van der Waals surface area contributed by atoms with Crippen LogP contribution < -0.4 is 0 Å². The maximum atomic E-state index is 4.32. The van der Waals surface area contributed by atoms with Crippen LogP contribution in [0.25, 0.3) is 0 Å². The van der Waals surface area contributed by atoms with Crippen LogP contribution in [-0.2, 0) is 6.42 Å². The van der Waals surface area contributed by atoms with Crippen molar-refractivity contribution in [3.8, 4) is 0 Å². The van der Waals surface area contributed by atoms with Gasteiger partial charge in [-0.3, -0.25) is 9.99 Å². The van der Waals surface area contributed by atoms with E-state index >= 15 is 0 Å². The summed E-state index contributed by atoms with van der Waals surface area (Å²) in [7, 11) is 0. The van der Waals surface area contributed by atoms with Gasteiger partial charge in [0, 0.05) is 42.0 Å². The lowest BCUT2D eigenvalue weighted by Gasteiger charge is -2.18. The fourth-order valence-corrected chi connectivity index (χ4v) is 2.77. The summed E-state index contributed by atoms with van der Waals surface area (Å²) in [6.07, 6.45) is 8.56. The maximum Gasteiger partial charge on any atom is 0.119 e. The molecule has 2 aromatic rings. The van der Waals surface area contributed by atoms with Crippen LogP contribution in [0, 0.1) is 6.92 Å². The van der Waals surface area contributed by atoms with Gasteiger partial charge in [-0.2, -0.15) is 5.11 Å². The number of aryl methyl sites for hydroxylation is 1. The Morgan fingerprint density at radius 1 is 1.40 bits per heavy atom. The van der Waals surface area contributed by atoms with Gasteiger partial charge in [0.1, 0.15) is 6.04 Å². The number of hydrogen-bond donors (Lipinski definition) is 0. The third-order valence-corrected chi connectivity index (χ3v) is 4.16. The Morgan fingerprint density at radius 3 is 3.00 bits per heavy atom. The highest BCUT2D eigenvalue weighted by Gasteiger charge is 2.12. The van der Waals surface area contributed by atoms with Crippen molar-refractivity contribution in [3.63, 3.8) is 0 Å². The largest absolute Gasteiger partial charge is 0.264 e. The fraction of sp³-hybridized carbons (Fsp3) is 0.286. The van der Waals surface area contributed by atoms with Gasteiger partial charge in [-0.15, -0.1) is 11.3 Å². The predicted octanol–water partition coefficient (Wildman–Crippen LogP) is 3.33.